The van der Waals surface area contributed by atoms with Crippen molar-refractivity contribution in [1.29, 1.82) is 0 Å². The van der Waals surface area contributed by atoms with Crippen LogP contribution < -0.4 is 10.6 Å². The summed E-state index contributed by atoms with van der Waals surface area (Å²) < 4.78 is 5.59. The lowest BCUT2D eigenvalue weighted by Gasteiger charge is -2.09. The van der Waals surface area contributed by atoms with Crippen LogP contribution in [0.5, 0.6) is 0 Å². The Kier molecular flexibility index (Phi) is 5.11. The lowest BCUT2D eigenvalue weighted by molar-refractivity contribution is 0.387. The van der Waals surface area contributed by atoms with Crippen LogP contribution >= 0.6 is 0 Å². The molecule has 1 fully saturated rings. The van der Waals surface area contributed by atoms with Crippen molar-refractivity contribution in [3.8, 4) is 11.3 Å². The molecule has 5 rings (SSSR count). The zero-order valence-corrected chi connectivity index (χ0v) is 17.6. The summed E-state index contributed by atoms with van der Waals surface area (Å²) in [6, 6.07) is 14.0. The molecule has 0 amide bonds. The van der Waals surface area contributed by atoms with Crippen LogP contribution in [0, 0.1) is 6.92 Å². The van der Waals surface area contributed by atoms with E-state index >= 15 is 0 Å². The fourth-order valence-electron chi connectivity index (χ4n) is 3.64. The van der Waals surface area contributed by atoms with Gasteiger partial charge in [-0.15, -0.1) is 0 Å². The van der Waals surface area contributed by atoms with E-state index in [9.17, 15) is 0 Å². The molecule has 0 atom stereocenters. The first-order valence-electron chi connectivity index (χ1n) is 10.6. The third kappa shape index (κ3) is 4.28. The molecule has 0 bridgehead atoms. The molecule has 158 valence electrons. The topological polar surface area (TPSA) is 105 Å². The third-order valence-corrected chi connectivity index (χ3v) is 5.39. The Morgan fingerprint density at radius 2 is 1.94 bits per heavy atom. The summed E-state index contributed by atoms with van der Waals surface area (Å²) in [5, 5.41) is 18.4. The lowest BCUT2D eigenvalue weighted by Crippen LogP contribution is -2.08. The van der Waals surface area contributed by atoms with Crippen molar-refractivity contribution in [3.63, 3.8) is 0 Å². The predicted octanol–water partition coefficient (Wildman–Crippen LogP) is 4.96. The molecular weight excluding hydrogens is 390 g/mol. The van der Waals surface area contributed by atoms with Crippen LogP contribution in [0.3, 0.4) is 0 Å². The Hall–Kier alpha value is -3.68. The summed E-state index contributed by atoms with van der Waals surface area (Å²) in [6.07, 6.45) is 3.23. The van der Waals surface area contributed by atoms with Gasteiger partial charge in [-0.2, -0.15) is 10.1 Å². The quantitative estimate of drug-likeness (QED) is 0.374. The number of hydrogen-bond donors (Lipinski definition) is 3. The second-order valence-electron chi connectivity index (χ2n) is 7.83. The van der Waals surface area contributed by atoms with E-state index in [1.807, 2.05) is 43.3 Å². The van der Waals surface area contributed by atoms with Crippen LogP contribution in [0.4, 0.5) is 17.6 Å². The van der Waals surface area contributed by atoms with Gasteiger partial charge in [0.1, 0.15) is 17.3 Å². The minimum Gasteiger partial charge on any atom is -0.360 e. The molecule has 8 heteroatoms. The number of hydrogen-bond acceptors (Lipinski definition) is 7. The van der Waals surface area contributed by atoms with Gasteiger partial charge < -0.3 is 15.2 Å². The van der Waals surface area contributed by atoms with Gasteiger partial charge >= 0.3 is 0 Å². The predicted molar refractivity (Wildman–Crippen MR) is 119 cm³/mol. The highest BCUT2D eigenvalue weighted by Gasteiger charge is 2.25. The van der Waals surface area contributed by atoms with Crippen molar-refractivity contribution in [2.45, 2.75) is 45.6 Å². The van der Waals surface area contributed by atoms with E-state index in [0.717, 1.165) is 40.5 Å². The molecule has 0 radical (unpaired) electrons. The van der Waals surface area contributed by atoms with Gasteiger partial charge in [0.2, 0.25) is 5.95 Å². The van der Waals surface area contributed by atoms with Gasteiger partial charge in [-0.25, -0.2) is 4.98 Å². The van der Waals surface area contributed by atoms with Crippen LogP contribution in [0.2, 0.25) is 0 Å². The Morgan fingerprint density at radius 1 is 1.10 bits per heavy atom. The number of H-pyrrole nitrogens is 1. The highest BCUT2D eigenvalue weighted by molar-refractivity contribution is 5.64. The Morgan fingerprint density at radius 3 is 2.71 bits per heavy atom. The second kappa shape index (κ2) is 8.22. The summed E-state index contributed by atoms with van der Waals surface area (Å²) in [5.74, 6) is 3.50. The van der Waals surface area contributed by atoms with Gasteiger partial charge in [0.15, 0.2) is 5.82 Å². The van der Waals surface area contributed by atoms with Crippen LogP contribution in [0.25, 0.3) is 11.3 Å². The maximum Gasteiger partial charge on any atom is 0.225 e. The molecule has 1 aliphatic carbocycles. The van der Waals surface area contributed by atoms with Crippen molar-refractivity contribution in [2.75, 3.05) is 10.6 Å². The van der Waals surface area contributed by atoms with Crippen LogP contribution in [-0.2, 0) is 13.0 Å². The number of aryl methyl sites for hydroxylation is 2. The number of rotatable bonds is 8. The minimum absolute atomic E-state index is 0.522. The van der Waals surface area contributed by atoms with Gasteiger partial charge in [-0.1, -0.05) is 42.4 Å². The summed E-state index contributed by atoms with van der Waals surface area (Å²) in [4.78, 5) is 9.15. The highest BCUT2D eigenvalue weighted by atomic mass is 16.5. The number of benzene rings is 1. The Labute approximate surface area is 180 Å². The van der Waals surface area contributed by atoms with E-state index in [1.54, 1.807) is 0 Å². The monoisotopic (exact) mass is 415 g/mol. The van der Waals surface area contributed by atoms with Crippen molar-refractivity contribution in [1.82, 2.24) is 25.3 Å². The molecule has 3 heterocycles. The van der Waals surface area contributed by atoms with Gasteiger partial charge in [0.25, 0.3) is 0 Å². The van der Waals surface area contributed by atoms with E-state index in [2.05, 4.69) is 48.9 Å². The average molecular weight is 416 g/mol. The van der Waals surface area contributed by atoms with Gasteiger partial charge in [-0.3, -0.25) is 5.10 Å². The van der Waals surface area contributed by atoms with Crippen LogP contribution in [-0.4, -0.2) is 25.3 Å². The number of aromatic nitrogens is 5. The zero-order valence-electron chi connectivity index (χ0n) is 17.6. The number of nitrogens with zero attached hydrogens (tertiary/aromatic N) is 4. The first-order valence-corrected chi connectivity index (χ1v) is 10.6. The van der Waals surface area contributed by atoms with E-state index < -0.39 is 0 Å². The molecule has 4 aromatic rings. The van der Waals surface area contributed by atoms with Gasteiger partial charge in [0, 0.05) is 53.5 Å². The smallest absolute Gasteiger partial charge is 0.225 e. The van der Waals surface area contributed by atoms with Crippen molar-refractivity contribution in [3.05, 3.63) is 65.2 Å². The fourth-order valence-corrected chi connectivity index (χ4v) is 3.64. The van der Waals surface area contributed by atoms with Crippen LogP contribution in [0.15, 0.2) is 47.0 Å². The zero-order chi connectivity index (χ0) is 21.2. The molecule has 8 nitrogen and oxygen atoms in total. The first kappa shape index (κ1) is 19.3. The number of nitrogens with one attached hydrogen (secondary N) is 3. The minimum atomic E-state index is 0.522. The number of anilines is 3. The molecule has 0 unspecified atom stereocenters. The molecule has 1 aromatic carbocycles. The number of aromatic amines is 1. The molecule has 0 aliphatic heterocycles. The summed E-state index contributed by atoms with van der Waals surface area (Å²) in [7, 11) is 0. The molecule has 1 aliphatic rings. The highest BCUT2D eigenvalue weighted by Crippen LogP contribution is 2.39. The first-order chi connectivity index (χ1) is 15.2. The fraction of sp³-hybridized carbons (Fsp3) is 0.304. The van der Waals surface area contributed by atoms with Crippen molar-refractivity contribution < 1.29 is 4.52 Å². The molecule has 1 saturated carbocycles. The molecule has 3 N–H and O–H groups in total. The standard InChI is InChI=1S/C23H25N7O/c1-3-19-17(22(30-31-19)16-7-5-4-6-8-16)13-24-23-25-14(2)11-20(27-23)26-21-12-18(28-29-21)15-9-10-15/h4-8,11-12,15H,3,9-10,13H2,1-2H3,(H3,24,25,26,27,28,29). The molecular formula is C23H25N7O. The van der Waals surface area contributed by atoms with E-state index in [1.165, 1.54) is 18.5 Å². The van der Waals surface area contributed by atoms with Gasteiger partial charge in [-0.05, 0) is 19.8 Å². The maximum atomic E-state index is 5.59. The Bertz CT molecular complexity index is 1180. The summed E-state index contributed by atoms with van der Waals surface area (Å²) in [5.41, 5.74) is 4.94. The van der Waals surface area contributed by atoms with E-state index in [0.29, 0.717) is 24.2 Å². The van der Waals surface area contributed by atoms with E-state index in [-0.39, 0.29) is 0 Å². The lowest BCUT2D eigenvalue weighted by atomic mass is 10.1. The SMILES string of the molecule is CCc1onc(-c2ccccc2)c1CNc1nc(C)cc(Nc2cc(C3CC3)[nH]n2)n1. The Balaban J connectivity index is 1.34. The summed E-state index contributed by atoms with van der Waals surface area (Å²) >= 11 is 0. The van der Waals surface area contributed by atoms with Crippen molar-refractivity contribution in [2.24, 2.45) is 0 Å². The third-order valence-electron chi connectivity index (χ3n) is 5.39. The molecule has 0 spiro atoms. The molecule has 0 saturated heterocycles. The van der Waals surface area contributed by atoms with Crippen LogP contribution in [0.1, 0.15) is 48.4 Å². The maximum absolute atomic E-state index is 5.59. The second-order valence-corrected chi connectivity index (χ2v) is 7.83. The largest absolute Gasteiger partial charge is 0.360 e. The van der Waals surface area contributed by atoms with E-state index in [4.69, 9.17) is 4.52 Å². The van der Waals surface area contributed by atoms with Gasteiger partial charge in [0.05, 0.1) is 0 Å². The molecule has 31 heavy (non-hydrogen) atoms. The average Bonchev–Trinajstić information content (AvgIpc) is 3.38. The summed E-state index contributed by atoms with van der Waals surface area (Å²) in [6.45, 7) is 4.53. The van der Waals surface area contributed by atoms with Crippen molar-refractivity contribution >= 4 is 17.6 Å². The normalized spacial score (nSPS) is 13.4. The molecule has 3 aromatic heterocycles.